The molecule has 0 saturated heterocycles. The van der Waals surface area contributed by atoms with Crippen LogP contribution >= 0.6 is 0 Å². The largest absolute Gasteiger partial charge is 0.467 e. The number of nitrogens with zero attached hydrogens (tertiary/aromatic N) is 5. The average Bonchev–Trinajstić information content (AvgIpc) is 3.56. The van der Waals surface area contributed by atoms with E-state index in [1.165, 1.54) is 4.90 Å². The highest BCUT2D eigenvalue weighted by atomic mass is 16.3. The third-order valence-corrected chi connectivity index (χ3v) is 5.80. The van der Waals surface area contributed by atoms with E-state index < -0.39 is 6.04 Å². The molecular weight excluding hydrogens is 456 g/mol. The number of furan rings is 1. The van der Waals surface area contributed by atoms with Gasteiger partial charge in [0.25, 0.3) is 0 Å². The molecular formula is C27H24N6O3. The van der Waals surface area contributed by atoms with Crippen molar-refractivity contribution in [3.8, 4) is 0 Å². The van der Waals surface area contributed by atoms with E-state index in [1.807, 2.05) is 55.5 Å². The molecule has 2 aromatic carbocycles. The molecule has 0 fully saturated rings. The normalized spacial score (nSPS) is 11.8. The number of fused-ring (bicyclic) bond motifs is 1. The van der Waals surface area contributed by atoms with Crippen molar-refractivity contribution in [3.63, 3.8) is 0 Å². The van der Waals surface area contributed by atoms with Crippen LogP contribution in [0.3, 0.4) is 0 Å². The molecule has 9 heteroatoms. The Morgan fingerprint density at radius 3 is 2.64 bits per heavy atom. The van der Waals surface area contributed by atoms with Crippen molar-refractivity contribution >= 4 is 28.5 Å². The molecule has 180 valence electrons. The fourth-order valence-corrected chi connectivity index (χ4v) is 4.10. The maximum absolute atomic E-state index is 13.9. The van der Waals surface area contributed by atoms with Gasteiger partial charge in [0.15, 0.2) is 0 Å². The Hall–Kier alpha value is -4.79. The Balaban J connectivity index is 1.54. The Labute approximate surface area is 207 Å². The minimum Gasteiger partial charge on any atom is -0.467 e. The monoisotopic (exact) mass is 480 g/mol. The zero-order valence-electron chi connectivity index (χ0n) is 19.6. The summed E-state index contributed by atoms with van der Waals surface area (Å²) >= 11 is 0. The lowest BCUT2D eigenvalue weighted by molar-refractivity contribution is -0.127. The molecule has 9 nitrogen and oxygen atoms in total. The van der Waals surface area contributed by atoms with Crippen LogP contribution in [0, 0.1) is 6.92 Å². The van der Waals surface area contributed by atoms with Crippen LogP contribution in [0.25, 0.3) is 11.0 Å². The molecule has 5 rings (SSSR count). The van der Waals surface area contributed by atoms with E-state index in [-0.39, 0.29) is 24.9 Å². The van der Waals surface area contributed by atoms with Crippen LogP contribution in [-0.4, -0.2) is 31.8 Å². The maximum Gasteiger partial charge on any atom is 0.249 e. The number of carbonyl (C=O) groups is 2. The molecule has 3 aromatic heterocycles. The van der Waals surface area contributed by atoms with Crippen LogP contribution in [0.2, 0.25) is 0 Å². The molecule has 0 bridgehead atoms. The number of para-hydroxylation sites is 1. The predicted octanol–water partition coefficient (Wildman–Crippen LogP) is 3.82. The van der Waals surface area contributed by atoms with Crippen LogP contribution in [0.1, 0.15) is 22.9 Å². The molecule has 0 aliphatic carbocycles. The molecule has 3 heterocycles. The SMILES string of the molecule is Cc1cccc(N(C(=O)Cn2nnc3ccccc32)[C@@H](C(=O)NCc2ccco2)c2ccncc2)c1. The molecule has 1 atom stereocenters. The van der Waals surface area contributed by atoms with E-state index >= 15 is 0 Å². The molecule has 0 spiro atoms. The fourth-order valence-electron chi connectivity index (χ4n) is 4.10. The number of benzene rings is 2. The number of aromatic nitrogens is 4. The zero-order valence-corrected chi connectivity index (χ0v) is 19.6. The molecule has 0 saturated carbocycles. The third-order valence-electron chi connectivity index (χ3n) is 5.80. The summed E-state index contributed by atoms with van der Waals surface area (Å²) < 4.78 is 6.91. The summed E-state index contributed by atoms with van der Waals surface area (Å²) in [7, 11) is 0. The van der Waals surface area contributed by atoms with Gasteiger partial charge in [0.2, 0.25) is 11.8 Å². The van der Waals surface area contributed by atoms with Gasteiger partial charge in [-0.1, -0.05) is 29.5 Å². The van der Waals surface area contributed by atoms with E-state index in [9.17, 15) is 9.59 Å². The van der Waals surface area contributed by atoms with Crippen LogP contribution in [0.15, 0.2) is 95.9 Å². The van der Waals surface area contributed by atoms with Crippen molar-refractivity contribution in [2.75, 3.05) is 4.90 Å². The molecule has 5 aromatic rings. The molecule has 2 amide bonds. The highest BCUT2D eigenvalue weighted by Crippen LogP contribution is 2.29. The first-order chi connectivity index (χ1) is 17.6. The standard InChI is InChI=1S/C27H24N6O3/c1-19-6-4-7-21(16-19)33(25(34)18-32-24-10-3-2-9-23(24)30-31-32)26(20-11-13-28-14-12-20)27(35)29-17-22-8-5-15-36-22/h2-16,26H,17-18H2,1H3,(H,29,35)/t26-/m1/s1. The zero-order chi connectivity index (χ0) is 24.9. The van der Waals surface area contributed by atoms with Gasteiger partial charge in [-0.2, -0.15) is 0 Å². The van der Waals surface area contributed by atoms with Gasteiger partial charge >= 0.3 is 0 Å². The van der Waals surface area contributed by atoms with Gasteiger partial charge in [-0.15, -0.1) is 5.10 Å². The van der Waals surface area contributed by atoms with Crippen LogP contribution in [-0.2, 0) is 22.7 Å². The number of pyridine rings is 1. The second kappa shape index (κ2) is 10.2. The smallest absolute Gasteiger partial charge is 0.249 e. The second-order valence-corrected chi connectivity index (χ2v) is 8.32. The topological polar surface area (TPSA) is 106 Å². The molecule has 0 radical (unpaired) electrons. The van der Waals surface area contributed by atoms with Crippen molar-refractivity contribution in [1.29, 1.82) is 0 Å². The van der Waals surface area contributed by atoms with E-state index in [0.29, 0.717) is 22.5 Å². The summed E-state index contributed by atoms with van der Waals surface area (Å²) in [5.74, 6) is -0.0542. The summed E-state index contributed by atoms with van der Waals surface area (Å²) in [6.07, 6.45) is 4.75. The van der Waals surface area contributed by atoms with Crippen molar-refractivity contribution < 1.29 is 14.0 Å². The first kappa shape index (κ1) is 23.0. The maximum atomic E-state index is 13.9. The lowest BCUT2D eigenvalue weighted by atomic mass is 10.0. The van der Waals surface area contributed by atoms with Crippen LogP contribution < -0.4 is 10.2 Å². The molecule has 1 N–H and O–H groups in total. The molecule has 0 aliphatic heterocycles. The highest BCUT2D eigenvalue weighted by molar-refractivity contribution is 6.01. The van der Waals surface area contributed by atoms with E-state index in [4.69, 9.17) is 4.42 Å². The van der Waals surface area contributed by atoms with Crippen molar-refractivity contribution in [1.82, 2.24) is 25.3 Å². The highest BCUT2D eigenvalue weighted by Gasteiger charge is 2.33. The Morgan fingerprint density at radius 1 is 1.03 bits per heavy atom. The number of carbonyl (C=O) groups excluding carboxylic acids is 2. The quantitative estimate of drug-likeness (QED) is 0.362. The molecule has 36 heavy (non-hydrogen) atoms. The van der Waals surface area contributed by atoms with Crippen molar-refractivity contribution in [2.45, 2.75) is 26.1 Å². The summed E-state index contributed by atoms with van der Waals surface area (Å²) in [5.41, 5.74) is 3.60. The van der Waals surface area contributed by atoms with Crippen LogP contribution in [0.5, 0.6) is 0 Å². The van der Waals surface area contributed by atoms with E-state index in [0.717, 1.165) is 11.1 Å². The minimum atomic E-state index is -0.952. The van der Waals surface area contributed by atoms with Gasteiger partial charge in [-0.05, 0) is 66.6 Å². The van der Waals surface area contributed by atoms with Crippen molar-refractivity contribution in [3.05, 3.63) is 108 Å². The minimum absolute atomic E-state index is 0.0957. The first-order valence-corrected chi connectivity index (χ1v) is 11.5. The van der Waals surface area contributed by atoms with Gasteiger partial charge in [-0.25, -0.2) is 4.68 Å². The van der Waals surface area contributed by atoms with Gasteiger partial charge in [0.05, 0.1) is 18.3 Å². The summed E-state index contributed by atoms with van der Waals surface area (Å²) in [6, 6.07) is 21.0. The number of hydrogen-bond donors (Lipinski definition) is 1. The van der Waals surface area contributed by atoms with Gasteiger partial charge in [-0.3, -0.25) is 19.5 Å². The molecule has 0 aliphatic rings. The van der Waals surface area contributed by atoms with Gasteiger partial charge < -0.3 is 9.73 Å². The van der Waals surface area contributed by atoms with E-state index in [1.54, 1.807) is 47.6 Å². The molecule has 0 unspecified atom stereocenters. The van der Waals surface area contributed by atoms with Gasteiger partial charge in [0, 0.05) is 18.1 Å². The summed E-state index contributed by atoms with van der Waals surface area (Å²) in [4.78, 5) is 33.2. The van der Waals surface area contributed by atoms with Gasteiger partial charge in [0.1, 0.15) is 23.9 Å². The second-order valence-electron chi connectivity index (χ2n) is 8.32. The number of anilines is 1. The number of aryl methyl sites for hydroxylation is 1. The Kier molecular flexibility index (Phi) is 6.53. The van der Waals surface area contributed by atoms with Crippen molar-refractivity contribution in [2.24, 2.45) is 0 Å². The lowest BCUT2D eigenvalue weighted by Gasteiger charge is -2.31. The average molecular weight is 481 g/mol. The third kappa shape index (κ3) is 4.85. The van der Waals surface area contributed by atoms with E-state index in [2.05, 4.69) is 20.6 Å². The summed E-state index contributed by atoms with van der Waals surface area (Å²) in [5, 5.41) is 11.2. The number of hydrogen-bond acceptors (Lipinski definition) is 6. The van der Waals surface area contributed by atoms with Crippen LogP contribution in [0.4, 0.5) is 5.69 Å². The lowest BCUT2D eigenvalue weighted by Crippen LogP contribution is -2.45. The number of amides is 2. The first-order valence-electron chi connectivity index (χ1n) is 11.5. The Bertz CT molecular complexity index is 1480. The Morgan fingerprint density at radius 2 is 1.86 bits per heavy atom. The number of nitrogens with one attached hydrogen (secondary N) is 1. The predicted molar refractivity (Wildman–Crippen MR) is 134 cm³/mol. The summed E-state index contributed by atoms with van der Waals surface area (Å²) in [6.45, 7) is 2.04. The fraction of sp³-hybridized carbons (Fsp3) is 0.148. The number of rotatable bonds is 8.